The molecule has 4 N–H and O–H groups in total. The van der Waals surface area contributed by atoms with Crippen LogP contribution in [0.15, 0.2) is 12.1 Å². The second-order valence-corrected chi connectivity index (χ2v) is 12.8. The third-order valence-electron chi connectivity index (χ3n) is 10.2. The van der Waals surface area contributed by atoms with Crippen molar-refractivity contribution >= 4 is 17.8 Å². The maximum Gasteiger partial charge on any atom is 0.311 e. The lowest BCUT2D eigenvalue weighted by Crippen LogP contribution is -2.51. The first-order valence-corrected chi connectivity index (χ1v) is 14.5. The minimum absolute atomic E-state index is 0.00154. The number of ether oxygens (including phenoxy) is 2. The van der Waals surface area contributed by atoms with Crippen molar-refractivity contribution < 1.29 is 38.5 Å². The highest BCUT2D eigenvalue weighted by Crippen LogP contribution is 2.49. The molecule has 0 spiro atoms. The predicted molar refractivity (Wildman–Crippen MR) is 144 cm³/mol. The lowest BCUT2D eigenvalue weighted by atomic mass is 9.70. The molecule has 0 heterocycles. The number of carboxylic acids is 1. The summed E-state index contributed by atoms with van der Waals surface area (Å²) in [6, 6.07) is 2.14. The number of aliphatic hydroxyl groups excluding tert-OH is 1. The monoisotopic (exact) mass is 560 g/mol. The van der Waals surface area contributed by atoms with Crippen LogP contribution in [0.25, 0.3) is 0 Å². The molecule has 1 aromatic carbocycles. The molecule has 4 unspecified atom stereocenters. The Morgan fingerprint density at radius 1 is 1.05 bits per heavy atom. The molecule has 4 fully saturated rings. The van der Waals surface area contributed by atoms with Crippen molar-refractivity contribution in [2.75, 3.05) is 20.3 Å². The zero-order chi connectivity index (χ0) is 28.7. The van der Waals surface area contributed by atoms with Crippen LogP contribution in [0.1, 0.15) is 81.5 Å². The fourth-order valence-electron chi connectivity index (χ4n) is 7.33. The molecule has 9 nitrogen and oxygen atoms in total. The molecule has 220 valence electrons. The average Bonchev–Trinajstić information content (AvgIpc) is 3.54. The van der Waals surface area contributed by atoms with Gasteiger partial charge in [0.1, 0.15) is 5.75 Å². The largest absolute Gasteiger partial charge is 0.496 e. The summed E-state index contributed by atoms with van der Waals surface area (Å²) in [5, 5.41) is 25.4. The van der Waals surface area contributed by atoms with Crippen molar-refractivity contribution in [2.45, 2.75) is 83.3 Å². The third kappa shape index (κ3) is 5.39. The molecule has 0 saturated heterocycles. The summed E-state index contributed by atoms with van der Waals surface area (Å²) in [5.74, 6) is -2.07. The van der Waals surface area contributed by atoms with E-state index in [9.17, 15) is 29.0 Å². The summed E-state index contributed by atoms with van der Waals surface area (Å²) in [4.78, 5) is 38.5. The number of hydrogen-bond acceptors (Lipinski definition) is 6. The molecule has 1 aromatic rings. The van der Waals surface area contributed by atoms with Crippen molar-refractivity contribution in [3.05, 3.63) is 23.5 Å². The highest BCUT2D eigenvalue weighted by molar-refractivity contribution is 5.98. The van der Waals surface area contributed by atoms with Gasteiger partial charge in [-0.25, -0.2) is 4.39 Å². The topological polar surface area (TPSA) is 134 Å². The molecule has 2 amide bonds. The van der Waals surface area contributed by atoms with Crippen molar-refractivity contribution in [1.82, 2.24) is 10.6 Å². The molecule has 4 aliphatic rings. The summed E-state index contributed by atoms with van der Waals surface area (Å²) in [6.07, 6.45) is 6.90. The Bertz CT molecular complexity index is 1150. The van der Waals surface area contributed by atoms with E-state index in [-0.39, 0.29) is 65.0 Å². The Morgan fingerprint density at radius 3 is 2.35 bits per heavy atom. The van der Waals surface area contributed by atoms with Crippen LogP contribution < -0.4 is 20.1 Å². The van der Waals surface area contributed by atoms with Crippen LogP contribution in [0.4, 0.5) is 4.39 Å². The number of carbonyl (C=O) groups excluding carboxylic acids is 2. The Hall–Kier alpha value is -2.88. The quantitative estimate of drug-likeness (QED) is 0.343. The summed E-state index contributed by atoms with van der Waals surface area (Å²) in [5.41, 5.74) is -0.924. The molecule has 5 rings (SSSR count). The molecule has 4 aliphatic carbocycles. The van der Waals surface area contributed by atoms with E-state index in [1.54, 1.807) is 0 Å². The normalized spacial score (nSPS) is 32.1. The van der Waals surface area contributed by atoms with Crippen LogP contribution in [0.2, 0.25) is 0 Å². The maximum atomic E-state index is 15.0. The van der Waals surface area contributed by atoms with Crippen LogP contribution in [-0.4, -0.2) is 60.4 Å². The molecule has 10 heteroatoms. The van der Waals surface area contributed by atoms with Gasteiger partial charge in [0.2, 0.25) is 5.91 Å². The number of benzene rings is 1. The van der Waals surface area contributed by atoms with E-state index in [1.165, 1.54) is 19.6 Å². The van der Waals surface area contributed by atoms with E-state index in [1.807, 2.05) is 0 Å². The van der Waals surface area contributed by atoms with Crippen LogP contribution in [-0.2, 0) is 9.59 Å². The Morgan fingerprint density at radius 2 is 1.75 bits per heavy atom. The first-order valence-electron chi connectivity index (χ1n) is 14.5. The van der Waals surface area contributed by atoms with Crippen LogP contribution in [0.5, 0.6) is 11.5 Å². The summed E-state index contributed by atoms with van der Waals surface area (Å²) >= 11 is 0. The molecule has 0 aliphatic heterocycles. The first-order chi connectivity index (χ1) is 19.1. The average molecular weight is 561 g/mol. The minimum Gasteiger partial charge on any atom is -0.496 e. The second-order valence-electron chi connectivity index (χ2n) is 12.8. The molecular weight excluding hydrogens is 519 g/mol. The summed E-state index contributed by atoms with van der Waals surface area (Å²) < 4.78 is 26.2. The lowest BCUT2D eigenvalue weighted by molar-refractivity contribution is -0.155. The SMILES string of the molecule is COc1cc(F)c(OC2CCC(CO)(C(=O)O)CC2)cc1C(=O)NC1C2CCC(C2)C1C(=O)NCC1(C)CCC1. The first kappa shape index (κ1) is 28.6. The van der Waals surface area contributed by atoms with Gasteiger partial charge in [-0.15, -0.1) is 0 Å². The number of carbonyl (C=O) groups is 3. The molecule has 0 aromatic heterocycles. The number of hydrogen-bond donors (Lipinski definition) is 4. The number of rotatable bonds is 10. The van der Waals surface area contributed by atoms with Gasteiger partial charge in [0.05, 0.1) is 36.7 Å². The summed E-state index contributed by atoms with van der Waals surface area (Å²) in [6.45, 7) is 2.39. The lowest BCUT2D eigenvalue weighted by Gasteiger charge is -2.39. The number of nitrogens with one attached hydrogen (secondary N) is 2. The third-order valence-corrected chi connectivity index (χ3v) is 10.2. The molecular formula is C30H41FN2O7. The molecule has 0 radical (unpaired) electrons. The molecule has 4 atom stereocenters. The highest BCUT2D eigenvalue weighted by atomic mass is 19.1. The standard InChI is InChI=1S/C30H41FN2O7/c1-29(8-3-9-29)15-32-27(36)24-17-4-5-18(12-17)25(24)33-26(35)20-13-23(21(31)14-22(20)39-2)40-19-6-10-30(16-34,11-7-19)28(37)38/h13-14,17-19,24-25,34H,3-12,15-16H2,1-2H3,(H,32,36)(H,33,35)(H,37,38). The van der Waals surface area contributed by atoms with Gasteiger partial charge in [0, 0.05) is 18.7 Å². The zero-order valence-electron chi connectivity index (χ0n) is 23.3. The van der Waals surface area contributed by atoms with E-state index in [0.29, 0.717) is 19.4 Å². The number of carboxylic acid groups (broad SMARTS) is 1. The Balaban J connectivity index is 1.28. The number of aliphatic carboxylic acids is 1. The van der Waals surface area contributed by atoms with Gasteiger partial charge in [-0.05, 0) is 81.1 Å². The van der Waals surface area contributed by atoms with E-state index in [2.05, 4.69) is 17.6 Å². The number of aliphatic hydroxyl groups is 1. The van der Waals surface area contributed by atoms with Crippen LogP contribution in [0, 0.1) is 34.4 Å². The highest BCUT2D eigenvalue weighted by Gasteiger charge is 2.52. The zero-order valence-corrected chi connectivity index (χ0v) is 23.3. The van der Waals surface area contributed by atoms with Gasteiger partial charge < -0.3 is 30.3 Å². The van der Waals surface area contributed by atoms with E-state index in [0.717, 1.165) is 38.2 Å². The van der Waals surface area contributed by atoms with Gasteiger partial charge in [0.25, 0.3) is 5.91 Å². The Kier molecular flexibility index (Phi) is 8.01. The smallest absolute Gasteiger partial charge is 0.311 e. The minimum atomic E-state index is -1.21. The molecule has 2 bridgehead atoms. The van der Waals surface area contributed by atoms with Crippen LogP contribution in [0.3, 0.4) is 0 Å². The maximum absolute atomic E-state index is 15.0. The number of fused-ring (bicyclic) bond motifs is 2. The van der Waals surface area contributed by atoms with Crippen molar-refractivity contribution in [2.24, 2.45) is 28.6 Å². The fourth-order valence-corrected chi connectivity index (χ4v) is 7.33. The van der Waals surface area contributed by atoms with Gasteiger partial charge in [-0.1, -0.05) is 13.3 Å². The van der Waals surface area contributed by atoms with Crippen LogP contribution >= 0.6 is 0 Å². The van der Waals surface area contributed by atoms with Crippen molar-refractivity contribution in [3.8, 4) is 11.5 Å². The molecule has 40 heavy (non-hydrogen) atoms. The fraction of sp³-hybridized carbons (Fsp3) is 0.700. The van der Waals surface area contributed by atoms with Crippen molar-refractivity contribution in [1.29, 1.82) is 0 Å². The van der Waals surface area contributed by atoms with Crippen molar-refractivity contribution in [3.63, 3.8) is 0 Å². The molecule has 4 saturated carbocycles. The van der Waals surface area contributed by atoms with Gasteiger partial charge in [0.15, 0.2) is 11.6 Å². The van der Waals surface area contributed by atoms with E-state index in [4.69, 9.17) is 9.47 Å². The van der Waals surface area contributed by atoms with Gasteiger partial charge in [-0.3, -0.25) is 14.4 Å². The Labute approximate surface area is 234 Å². The number of halogens is 1. The predicted octanol–water partition coefficient (Wildman–Crippen LogP) is 3.67. The van der Waals surface area contributed by atoms with E-state index >= 15 is 0 Å². The van der Waals surface area contributed by atoms with Gasteiger partial charge in [-0.2, -0.15) is 0 Å². The number of methoxy groups -OCH3 is 1. The van der Waals surface area contributed by atoms with E-state index < -0.39 is 35.8 Å². The number of amides is 2. The summed E-state index contributed by atoms with van der Waals surface area (Å²) in [7, 11) is 1.36. The van der Waals surface area contributed by atoms with Gasteiger partial charge >= 0.3 is 5.97 Å². The second kappa shape index (κ2) is 11.2.